The van der Waals surface area contributed by atoms with Crippen molar-refractivity contribution in [2.45, 2.75) is 26.7 Å². The smallest absolute Gasteiger partial charge is 0.220 e. The van der Waals surface area contributed by atoms with Crippen molar-refractivity contribution in [2.24, 2.45) is 5.92 Å². The number of hydrogen-bond acceptors (Lipinski definition) is 4. The summed E-state index contributed by atoms with van der Waals surface area (Å²) in [5.41, 5.74) is 2.56. The molecule has 0 aliphatic carbocycles. The first-order chi connectivity index (χ1) is 13.5. The zero-order chi connectivity index (χ0) is 20.1. The summed E-state index contributed by atoms with van der Waals surface area (Å²) in [6.07, 6.45) is 3.00. The number of carbonyl (C=O) groups excluding carboxylic acids is 1. The van der Waals surface area contributed by atoms with E-state index in [-0.39, 0.29) is 5.91 Å². The number of amides is 1. The minimum atomic E-state index is 0.0652. The Labute approximate surface area is 171 Å². The average Bonchev–Trinajstić information content (AvgIpc) is 3.05. The molecule has 3 rings (SSSR count). The van der Waals surface area contributed by atoms with Gasteiger partial charge in [-0.1, -0.05) is 43.6 Å². The van der Waals surface area contributed by atoms with Gasteiger partial charge in [-0.15, -0.1) is 0 Å². The molecule has 0 atom stereocenters. The lowest BCUT2D eigenvalue weighted by molar-refractivity contribution is -0.121. The summed E-state index contributed by atoms with van der Waals surface area (Å²) in [5.74, 6) is 1.31. The molecule has 0 unspecified atom stereocenters. The second-order valence-electron chi connectivity index (χ2n) is 7.05. The van der Waals surface area contributed by atoms with Crippen LogP contribution < -0.4 is 16.1 Å². The van der Waals surface area contributed by atoms with Gasteiger partial charge in [0.15, 0.2) is 5.65 Å². The third kappa shape index (κ3) is 4.84. The zero-order valence-corrected chi connectivity index (χ0v) is 16.8. The van der Waals surface area contributed by atoms with E-state index in [2.05, 4.69) is 34.6 Å². The monoisotopic (exact) mass is 395 g/mol. The van der Waals surface area contributed by atoms with Gasteiger partial charge in [-0.2, -0.15) is 9.61 Å². The average molecular weight is 396 g/mol. The Bertz CT molecular complexity index is 972. The summed E-state index contributed by atoms with van der Waals surface area (Å²) >= 11 is 6.33. The number of nitrogens with zero attached hydrogens (tertiary/aromatic N) is 3. The largest absolute Gasteiger partial charge is 0.368 e. The van der Waals surface area contributed by atoms with Crippen LogP contribution in [0.2, 0.25) is 5.02 Å². The van der Waals surface area contributed by atoms with Crippen molar-refractivity contribution in [1.29, 1.82) is 0 Å². The third-order valence-corrected chi connectivity index (χ3v) is 4.68. The van der Waals surface area contributed by atoms with Crippen molar-refractivity contribution in [3.63, 3.8) is 0 Å². The lowest BCUT2D eigenvalue weighted by Gasteiger charge is -2.12. The Morgan fingerprint density at radius 2 is 2.07 bits per heavy atom. The van der Waals surface area contributed by atoms with Gasteiger partial charge in [0, 0.05) is 42.4 Å². The number of benzene rings is 1. The number of nitrogens with one attached hydrogen (secondary N) is 2. The zero-order valence-electron chi connectivity index (χ0n) is 16.1. The maximum Gasteiger partial charge on any atom is 0.220 e. The van der Waals surface area contributed by atoms with Crippen LogP contribution in [0.4, 0.5) is 5.82 Å². The molecule has 0 saturated carbocycles. The van der Waals surface area contributed by atoms with Crippen LogP contribution in [-0.2, 0) is 4.79 Å². The molecule has 0 saturated heterocycles. The second-order valence-corrected chi connectivity index (χ2v) is 7.46. The predicted molar refractivity (Wildman–Crippen MR) is 114 cm³/mol. The van der Waals surface area contributed by atoms with Crippen LogP contribution in [0.3, 0.4) is 0 Å². The molecule has 1 amide bonds. The minimum Gasteiger partial charge on any atom is -0.368 e. The van der Waals surface area contributed by atoms with Gasteiger partial charge in [0.1, 0.15) is 13.7 Å². The molecule has 0 fully saturated rings. The van der Waals surface area contributed by atoms with Crippen LogP contribution in [0.25, 0.3) is 16.9 Å². The first-order valence-corrected chi connectivity index (χ1v) is 9.73. The summed E-state index contributed by atoms with van der Waals surface area (Å²) in [4.78, 5) is 16.5. The van der Waals surface area contributed by atoms with E-state index in [1.165, 1.54) is 0 Å². The van der Waals surface area contributed by atoms with Gasteiger partial charge in [0.2, 0.25) is 5.91 Å². The van der Waals surface area contributed by atoms with Crippen molar-refractivity contribution in [3.8, 4) is 11.3 Å². The van der Waals surface area contributed by atoms with Crippen molar-refractivity contribution < 1.29 is 4.79 Å². The number of rotatable bonds is 8. The summed E-state index contributed by atoms with van der Waals surface area (Å²) < 4.78 is 1.65. The van der Waals surface area contributed by atoms with Crippen LogP contribution in [0.1, 0.15) is 26.7 Å². The highest BCUT2D eigenvalue weighted by Gasteiger charge is 2.12. The molecule has 2 radical (unpaired) electrons. The molecular formula is C20H23BClN5O. The standard InChI is InChI=1S/C20H23BClN5O/c1-13(2)7-8-19(28)24-10-9-23-18-11-17(14-5-3-4-6-16(14)22)26-20-15(21)12-25-27(18)20/h3-6,11-13,23H,7-10H2,1-2H3,(H,24,28). The molecule has 144 valence electrons. The van der Waals surface area contributed by atoms with Crippen molar-refractivity contribution >= 4 is 42.3 Å². The molecule has 8 heteroatoms. The SMILES string of the molecule is [B]c1cnn2c(NCCNC(=O)CCC(C)C)cc(-c3ccccc3Cl)nc12. The fraction of sp³-hybridized carbons (Fsp3) is 0.350. The number of aromatic nitrogens is 3. The molecule has 1 aromatic carbocycles. The Hall–Kier alpha value is -2.54. The van der Waals surface area contributed by atoms with Gasteiger partial charge in [0.25, 0.3) is 0 Å². The van der Waals surface area contributed by atoms with Gasteiger partial charge in [-0.05, 0) is 23.9 Å². The molecule has 2 aromatic heterocycles. The van der Waals surface area contributed by atoms with E-state index in [1.807, 2.05) is 30.3 Å². The molecule has 0 spiro atoms. The van der Waals surface area contributed by atoms with Crippen LogP contribution in [0.15, 0.2) is 36.5 Å². The molecule has 2 N–H and O–H groups in total. The normalized spacial score (nSPS) is 11.1. The minimum absolute atomic E-state index is 0.0652. The van der Waals surface area contributed by atoms with Crippen LogP contribution >= 0.6 is 11.6 Å². The van der Waals surface area contributed by atoms with E-state index in [4.69, 9.17) is 19.4 Å². The second kappa shape index (κ2) is 9.10. The molecule has 2 heterocycles. The lowest BCUT2D eigenvalue weighted by Crippen LogP contribution is -2.29. The number of halogens is 1. The number of hydrogen-bond donors (Lipinski definition) is 2. The summed E-state index contributed by atoms with van der Waals surface area (Å²) in [6, 6.07) is 9.39. The summed E-state index contributed by atoms with van der Waals surface area (Å²) in [7, 11) is 6.02. The molecule has 3 aromatic rings. The van der Waals surface area contributed by atoms with E-state index in [0.717, 1.165) is 17.8 Å². The molecule has 0 aliphatic heterocycles. The van der Waals surface area contributed by atoms with E-state index in [1.54, 1.807) is 10.7 Å². The molecule has 6 nitrogen and oxygen atoms in total. The van der Waals surface area contributed by atoms with Crippen LogP contribution in [0, 0.1) is 5.92 Å². The van der Waals surface area contributed by atoms with Crippen molar-refractivity contribution in [1.82, 2.24) is 19.9 Å². The maximum absolute atomic E-state index is 11.9. The van der Waals surface area contributed by atoms with Gasteiger partial charge >= 0.3 is 0 Å². The molecule has 28 heavy (non-hydrogen) atoms. The van der Waals surface area contributed by atoms with E-state index >= 15 is 0 Å². The van der Waals surface area contributed by atoms with Gasteiger partial charge in [-0.3, -0.25) is 4.79 Å². The first-order valence-electron chi connectivity index (χ1n) is 9.35. The first kappa shape index (κ1) is 20.2. The fourth-order valence-electron chi connectivity index (χ4n) is 2.81. The van der Waals surface area contributed by atoms with Crippen molar-refractivity contribution in [3.05, 3.63) is 41.6 Å². The van der Waals surface area contributed by atoms with Gasteiger partial charge < -0.3 is 10.6 Å². The fourth-order valence-corrected chi connectivity index (χ4v) is 3.05. The summed E-state index contributed by atoms with van der Waals surface area (Å²) in [6.45, 7) is 5.28. The van der Waals surface area contributed by atoms with E-state index in [0.29, 0.717) is 47.3 Å². The quantitative estimate of drug-likeness (QED) is 0.454. The highest BCUT2D eigenvalue weighted by molar-refractivity contribution is 6.36. The molecular weight excluding hydrogens is 373 g/mol. The van der Waals surface area contributed by atoms with E-state index in [9.17, 15) is 4.79 Å². The Morgan fingerprint density at radius 1 is 1.29 bits per heavy atom. The van der Waals surface area contributed by atoms with Gasteiger partial charge in [0.05, 0.1) is 5.69 Å². The predicted octanol–water partition coefficient (Wildman–Crippen LogP) is 2.81. The Morgan fingerprint density at radius 3 is 2.82 bits per heavy atom. The topological polar surface area (TPSA) is 71.3 Å². The highest BCUT2D eigenvalue weighted by Crippen LogP contribution is 2.28. The molecule has 0 bridgehead atoms. The molecule has 0 aliphatic rings. The van der Waals surface area contributed by atoms with E-state index < -0.39 is 0 Å². The number of carbonyl (C=O) groups is 1. The summed E-state index contributed by atoms with van der Waals surface area (Å²) in [5, 5.41) is 11.1. The van der Waals surface area contributed by atoms with Crippen LogP contribution in [-0.4, -0.2) is 41.4 Å². The number of anilines is 1. The Kier molecular flexibility index (Phi) is 6.57. The van der Waals surface area contributed by atoms with Crippen molar-refractivity contribution in [2.75, 3.05) is 18.4 Å². The van der Waals surface area contributed by atoms with Crippen LogP contribution in [0.5, 0.6) is 0 Å². The maximum atomic E-state index is 11.9. The van der Waals surface area contributed by atoms with Gasteiger partial charge in [-0.25, -0.2) is 4.98 Å². The Balaban J connectivity index is 1.74. The number of fused-ring (bicyclic) bond motifs is 1. The highest BCUT2D eigenvalue weighted by atomic mass is 35.5. The lowest BCUT2D eigenvalue weighted by atomic mass is 10.0. The third-order valence-electron chi connectivity index (χ3n) is 4.35.